The number of hydrogen-bond acceptors (Lipinski definition) is 3. The first kappa shape index (κ1) is 13.6. The van der Waals surface area contributed by atoms with Gasteiger partial charge in [0.05, 0.1) is 18.5 Å². The monoisotopic (exact) mass is 259 g/mol. The number of aryl methyl sites for hydroxylation is 3. The number of hydrogen-bond donors (Lipinski definition) is 1. The largest absolute Gasteiger partial charge is 0.496 e. The molecule has 4 heteroatoms. The average molecular weight is 259 g/mol. The van der Waals surface area contributed by atoms with Gasteiger partial charge < -0.3 is 10.1 Å². The standard InChI is InChI=1S/C15H21N3O/c1-10-6-13(15(19-5)7-11(10)2)14-8-12(9-16-3)18(4)17-14/h6-8,16H,9H2,1-5H3. The maximum Gasteiger partial charge on any atom is 0.128 e. The minimum absolute atomic E-state index is 0.802. The number of nitrogens with one attached hydrogen (secondary N) is 1. The predicted octanol–water partition coefficient (Wildman–Crippen LogP) is 2.43. The Hall–Kier alpha value is -1.81. The summed E-state index contributed by atoms with van der Waals surface area (Å²) in [7, 11) is 5.60. The molecule has 0 saturated heterocycles. The molecule has 1 aromatic carbocycles. The average Bonchev–Trinajstić information content (AvgIpc) is 2.74. The highest BCUT2D eigenvalue weighted by atomic mass is 16.5. The van der Waals surface area contributed by atoms with E-state index in [0.717, 1.165) is 29.2 Å². The van der Waals surface area contributed by atoms with Crippen LogP contribution in [-0.2, 0) is 13.6 Å². The first-order chi connectivity index (χ1) is 9.06. The molecule has 0 atom stereocenters. The second-order valence-corrected chi connectivity index (χ2v) is 4.81. The lowest BCUT2D eigenvalue weighted by atomic mass is 10.0. The quantitative estimate of drug-likeness (QED) is 0.916. The Kier molecular flexibility index (Phi) is 3.90. The van der Waals surface area contributed by atoms with Gasteiger partial charge in [0.2, 0.25) is 0 Å². The third-order valence-corrected chi connectivity index (χ3v) is 3.43. The smallest absolute Gasteiger partial charge is 0.128 e. The van der Waals surface area contributed by atoms with Gasteiger partial charge in [-0.3, -0.25) is 4.68 Å². The number of ether oxygens (including phenoxy) is 1. The molecule has 0 radical (unpaired) electrons. The SMILES string of the molecule is CNCc1cc(-c2cc(C)c(C)cc2OC)nn1C. The van der Waals surface area contributed by atoms with Crippen molar-refractivity contribution in [3.8, 4) is 17.0 Å². The van der Waals surface area contributed by atoms with E-state index in [1.54, 1.807) is 7.11 Å². The van der Waals surface area contributed by atoms with Crippen molar-refractivity contribution in [1.29, 1.82) is 0 Å². The number of aromatic nitrogens is 2. The molecule has 1 heterocycles. The molecule has 102 valence electrons. The third-order valence-electron chi connectivity index (χ3n) is 3.43. The van der Waals surface area contributed by atoms with Crippen molar-refractivity contribution in [2.75, 3.05) is 14.2 Å². The van der Waals surface area contributed by atoms with Crippen LogP contribution in [0.3, 0.4) is 0 Å². The van der Waals surface area contributed by atoms with E-state index in [9.17, 15) is 0 Å². The minimum atomic E-state index is 0.802. The highest BCUT2D eigenvalue weighted by Gasteiger charge is 2.13. The van der Waals surface area contributed by atoms with Crippen LogP contribution in [0.25, 0.3) is 11.3 Å². The van der Waals surface area contributed by atoms with Crippen molar-refractivity contribution in [3.05, 3.63) is 35.0 Å². The van der Waals surface area contributed by atoms with Gasteiger partial charge in [0.15, 0.2) is 0 Å². The Morgan fingerprint density at radius 3 is 2.53 bits per heavy atom. The summed E-state index contributed by atoms with van der Waals surface area (Å²) in [4.78, 5) is 0. The Morgan fingerprint density at radius 2 is 1.89 bits per heavy atom. The Balaban J connectivity index is 2.51. The van der Waals surface area contributed by atoms with E-state index in [-0.39, 0.29) is 0 Å². The molecule has 0 aliphatic carbocycles. The van der Waals surface area contributed by atoms with Crippen LogP contribution >= 0.6 is 0 Å². The van der Waals surface area contributed by atoms with E-state index < -0.39 is 0 Å². The molecule has 19 heavy (non-hydrogen) atoms. The summed E-state index contributed by atoms with van der Waals surface area (Å²) in [6, 6.07) is 6.31. The van der Waals surface area contributed by atoms with E-state index >= 15 is 0 Å². The predicted molar refractivity (Wildman–Crippen MR) is 77.4 cm³/mol. The van der Waals surface area contributed by atoms with Crippen molar-refractivity contribution in [3.63, 3.8) is 0 Å². The van der Waals surface area contributed by atoms with Gasteiger partial charge in [0.25, 0.3) is 0 Å². The third kappa shape index (κ3) is 2.63. The van der Waals surface area contributed by atoms with Gasteiger partial charge in [-0.1, -0.05) is 0 Å². The van der Waals surface area contributed by atoms with Crippen LogP contribution in [0.15, 0.2) is 18.2 Å². The van der Waals surface area contributed by atoms with E-state index in [4.69, 9.17) is 4.74 Å². The molecular formula is C15H21N3O. The van der Waals surface area contributed by atoms with Crippen LogP contribution in [-0.4, -0.2) is 23.9 Å². The van der Waals surface area contributed by atoms with Crippen LogP contribution in [0.5, 0.6) is 5.75 Å². The summed E-state index contributed by atoms with van der Waals surface area (Å²) >= 11 is 0. The van der Waals surface area contributed by atoms with Gasteiger partial charge in [-0.05, 0) is 50.2 Å². The van der Waals surface area contributed by atoms with Crippen molar-refractivity contribution in [1.82, 2.24) is 15.1 Å². The molecule has 4 nitrogen and oxygen atoms in total. The number of rotatable bonds is 4. The molecule has 2 rings (SSSR count). The highest BCUT2D eigenvalue weighted by molar-refractivity contribution is 5.69. The Labute approximate surface area is 114 Å². The fourth-order valence-corrected chi connectivity index (χ4v) is 2.14. The zero-order chi connectivity index (χ0) is 14.0. The molecule has 0 saturated carbocycles. The Morgan fingerprint density at radius 1 is 1.21 bits per heavy atom. The van der Waals surface area contributed by atoms with Crippen molar-refractivity contribution >= 4 is 0 Å². The van der Waals surface area contributed by atoms with E-state index in [2.05, 4.69) is 42.5 Å². The van der Waals surface area contributed by atoms with E-state index in [1.165, 1.54) is 11.1 Å². The summed E-state index contributed by atoms with van der Waals surface area (Å²) in [5.74, 6) is 0.872. The van der Waals surface area contributed by atoms with E-state index in [1.807, 2.05) is 18.8 Å². The van der Waals surface area contributed by atoms with Crippen molar-refractivity contribution < 1.29 is 4.74 Å². The molecule has 0 unspecified atom stereocenters. The number of benzene rings is 1. The first-order valence-electron chi connectivity index (χ1n) is 6.40. The second kappa shape index (κ2) is 5.45. The molecule has 2 aromatic rings. The lowest BCUT2D eigenvalue weighted by Crippen LogP contribution is -2.09. The molecule has 1 N–H and O–H groups in total. The molecule has 0 bridgehead atoms. The van der Waals surface area contributed by atoms with Gasteiger partial charge in [0.1, 0.15) is 5.75 Å². The van der Waals surface area contributed by atoms with Crippen LogP contribution in [0, 0.1) is 13.8 Å². The topological polar surface area (TPSA) is 39.1 Å². The van der Waals surface area contributed by atoms with Crippen LogP contribution in [0.4, 0.5) is 0 Å². The minimum Gasteiger partial charge on any atom is -0.496 e. The zero-order valence-electron chi connectivity index (χ0n) is 12.2. The van der Waals surface area contributed by atoms with Gasteiger partial charge in [0, 0.05) is 19.2 Å². The fourth-order valence-electron chi connectivity index (χ4n) is 2.14. The summed E-state index contributed by atoms with van der Waals surface area (Å²) < 4.78 is 7.38. The molecule has 0 fully saturated rings. The Bertz CT molecular complexity index is 587. The summed E-state index contributed by atoms with van der Waals surface area (Å²) in [6.07, 6.45) is 0. The zero-order valence-corrected chi connectivity index (χ0v) is 12.2. The molecule has 0 aliphatic rings. The molecule has 0 amide bonds. The molecule has 0 spiro atoms. The second-order valence-electron chi connectivity index (χ2n) is 4.81. The van der Waals surface area contributed by atoms with Crippen LogP contribution < -0.4 is 10.1 Å². The first-order valence-corrected chi connectivity index (χ1v) is 6.40. The number of methoxy groups -OCH3 is 1. The van der Waals surface area contributed by atoms with Gasteiger partial charge >= 0.3 is 0 Å². The number of nitrogens with zero attached hydrogens (tertiary/aromatic N) is 2. The maximum absolute atomic E-state index is 5.48. The maximum atomic E-state index is 5.48. The highest BCUT2D eigenvalue weighted by Crippen LogP contribution is 2.32. The lowest BCUT2D eigenvalue weighted by Gasteiger charge is -2.09. The summed E-state index contributed by atoms with van der Waals surface area (Å²) in [5.41, 5.74) is 5.62. The van der Waals surface area contributed by atoms with Gasteiger partial charge in [-0.25, -0.2) is 0 Å². The lowest BCUT2D eigenvalue weighted by molar-refractivity contribution is 0.416. The van der Waals surface area contributed by atoms with Gasteiger partial charge in [-0.15, -0.1) is 0 Å². The summed E-state index contributed by atoms with van der Waals surface area (Å²) in [5, 5.41) is 7.72. The fraction of sp³-hybridized carbons (Fsp3) is 0.400. The van der Waals surface area contributed by atoms with Gasteiger partial charge in [-0.2, -0.15) is 5.10 Å². The molecule has 0 aliphatic heterocycles. The van der Waals surface area contributed by atoms with Crippen molar-refractivity contribution in [2.24, 2.45) is 7.05 Å². The summed E-state index contributed by atoms with van der Waals surface area (Å²) in [6.45, 7) is 5.00. The van der Waals surface area contributed by atoms with Crippen LogP contribution in [0.2, 0.25) is 0 Å². The van der Waals surface area contributed by atoms with Crippen molar-refractivity contribution in [2.45, 2.75) is 20.4 Å². The molecule has 1 aromatic heterocycles. The van der Waals surface area contributed by atoms with E-state index in [0.29, 0.717) is 0 Å². The van der Waals surface area contributed by atoms with Crippen LogP contribution in [0.1, 0.15) is 16.8 Å². The molecular weight excluding hydrogens is 238 g/mol. The normalized spacial score (nSPS) is 10.8.